The van der Waals surface area contributed by atoms with Gasteiger partial charge in [0.2, 0.25) is 0 Å². The highest BCUT2D eigenvalue weighted by atomic mass is 16.6. The lowest BCUT2D eigenvalue weighted by Crippen LogP contribution is -2.41. The molecule has 1 aromatic rings. The van der Waals surface area contributed by atoms with Gasteiger partial charge in [-0.05, 0) is 25.3 Å². The highest BCUT2D eigenvalue weighted by Gasteiger charge is 2.37. The van der Waals surface area contributed by atoms with Crippen LogP contribution in [0, 0.1) is 16.0 Å². The molecule has 0 aromatic carbocycles. The van der Waals surface area contributed by atoms with Crippen LogP contribution in [-0.4, -0.2) is 46.0 Å². The minimum absolute atomic E-state index is 0.0365. The van der Waals surface area contributed by atoms with Crippen LogP contribution in [0.3, 0.4) is 0 Å². The summed E-state index contributed by atoms with van der Waals surface area (Å²) in [5, 5.41) is 14.2. The van der Waals surface area contributed by atoms with Gasteiger partial charge < -0.3 is 14.8 Å². The number of aryl methyl sites for hydroxylation is 1. The van der Waals surface area contributed by atoms with Crippen molar-refractivity contribution in [1.82, 2.24) is 14.8 Å². The third-order valence-electron chi connectivity index (χ3n) is 4.31. The predicted molar refractivity (Wildman–Crippen MR) is 72.5 cm³/mol. The number of piperidine rings is 1. The number of carbonyl (C=O) groups is 1. The van der Waals surface area contributed by atoms with Crippen LogP contribution in [0.5, 0.6) is 0 Å². The molecule has 7 nitrogen and oxygen atoms in total. The minimum atomic E-state index is -0.470. The van der Waals surface area contributed by atoms with Gasteiger partial charge in [-0.3, -0.25) is 14.9 Å². The number of likely N-dealkylation sites (tertiary alicyclic amines) is 1. The molecule has 108 valence electrons. The Kier molecular flexibility index (Phi) is 3.21. The number of hydrogen-bond donors (Lipinski definition) is 1. The predicted octanol–water partition coefficient (Wildman–Crippen LogP) is 0.757. The number of hydrogen-bond acceptors (Lipinski definition) is 4. The van der Waals surface area contributed by atoms with Crippen molar-refractivity contribution in [2.75, 3.05) is 19.6 Å². The summed E-state index contributed by atoms with van der Waals surface area (Å²) in [6.07, 6.45) is 3.68. The molecule has 0 unspecified atom stereocenters. The summed E-state index contributed by atoms with van der Waals surface area (Å²) in [6.45, 7) is 2.46. The fourth-order valence-corrected chi connectivity index (χ4v) is 3.23. The molecule has 2 saturated heterocycles. The molecule has 0 spiro atoms. The lowest BCUT2D eigenvalue weighted by molar-refractivity contribution is -0.384. The average molecular weight is 278 g/mol. The van der Waals surface area contributed by atoms with Gasteiger partial charge in [0.15, 0.2) is 0 Å². The van der Waals surface area contributed by atoms with E-state index in [1.165, 1.54) is 16.8 Å². The maximum Gasteiger partial charge on any atom is 0.287 e. The van der Waals surface area contributed by atoms with Crippen LogP contribution in [0.15, 0.2) is 12.3 Å². The van der Waals surface area contributed by atoms with Gasteiger partial charge >= 0.3 is 0 Å². The molecule has 2 aliphatic heterocycles. The topological polar surface area (TPSA) is 80.4 Å². The molecule has 2 aliphatic rings. The van der Waals surface area contributed by atoms with Crippen LogP contribution in [0.1, 0.15) is 23.3 Å². The minimum Gasteiger partial charge on any atom is -0.340 e. The van der Waals surface area contributed by atoms with Gasteiger partial charge in [0.25, 0.3) is 11.6 Å². The Morgan fingerprint density at radius 3 is 2.95 bits per heavy atom. The summed E-state index contributed by atoms with van der Waals surface area (Å²) in [5.41, 5.74) is 0.348. The fourth-order valence-electron chi connectivity index (χ4n) is 3.23. The van der Waals surface area contributed by atoms with Crippen LogP contribution in [0.2, 0.25) is 0 Å². The van der Waals surface area contributed by atoms with E-state index in [0.29, 0.717) is 24.2 Å². The lowest BCUT2D eigenvalue weighted by atomic mass is 9.94. The first-order valence-corrected chi connectivity index (χ1v) is 6.89. The first kappa shape index (κ1) is 13.1. The largest absolute Gasteiger partial charge is 0.340 e. The van der Waals surface area contributed by atoms with Gasteiger partial charge in [-0.15, -0.1) is 0 Å². The van der Waals surface area contributed by atoms with Crippen molar-refractivity contribution in [3.63, 3.8) is 0 Å². The van der Waals surface area contributed by atoms with Crippen molar-refractivity contribution in [2.45, 2.75) is 18.9 Å². The molecule has 2 fully saturated rings. The monoisotopic (exact) mass is 278 g/mol. The van der Waals surface area contributed by atoms with Gasteiger partial charge in [-0.2, -0.15) is 0 Å². The highest BCUT2D eigenvalue weighted by Crippen LogP contribution is 2.27. The first-order valence-electron chi connectivity index (χ1n) is 6.89. The first-order chi connectivity index (χ1) is 9.56. The second-order valence-electron chi connectivity index (χ2n) is 5.62. The summed E-state index contributed by atoms with van der Waals surface area (Å²) in [6, 6.07) is 1.74. The Labute approximate surface area is 116 Å². The maximum absolute atomic E-state index is 12.5. The molecular formula is C13H18N4O3. The summed E-state index contributed by atoms with van der Waals surface area (Å²) < 4.78 is 1.54. The molecule has 3 heterocycles. The van der Waals surface area contributed by atoms with E-state index < -0.39 is 4.92 Å². The van der Waals surface area contributed by atoms with E-state index in [2.05, 4.69) is 5.32 Å². The third-order valence-corrected chi connectivity index (χ3v) is 4.31. The summed E-state index contributed by atoms with van der Waals surface area (Å²) in [5.74, 6) is 0.403. The van der Waals surface area contributed by atoms with Crippen LogP contribution in [0.25, 0.3) is 0 Å². The number of nitrogens with one attached hydrogen (secondary N) is 1. The van der Waals surface area contributed by atoms with Gasteiger partial charge in [0.05, 0.1) is 11.1 Å². The number of carbonyl (C=O) groups excluding carboxylic acids is 1. The number of rotatable bonds is 2. The average Bonchev–Trinajstić information content (AvgIpc) is 3.01. The van der Waals surface area contributed by atoms with Crippen molar-refractivity contribution in [2.24, 2.45) is 13.0 Å². The van der Waals surface area contributed by atoms with E-state index in [0.717, 1.165) is 25.9 Å². The zero-order chi connectivity index (χ0) is 14.3. The third kappa shape index (κ3) is 2.18. The van der Waals surface area contributed by atoms with Crippen molar-refractivity contribution in [1.29, 1.82) is 0 Å². The zero-order valence-electron chi connectivity index (χ0n) is 11.4. The second kappa shape index (κ2) is 4.90. The van der Waals surface area contributed by atoms with E-state index in [9.17, 15) is 14.9 Å². The van der Waals surface area contributed by atoms with Crippen molar-refractivity contribution in [3.05, 3.63) is 28.1 Å². The number of aromatic nitrogens is 1. The second-order valence-corrected chi connectivity index (χ2v) is 5.62. The maximum atomic E-state index is 12.5. The van der Waals surface area contributed by atoms with E-state index in [1.54, 1.807) is 7.05 Å². The van der Waals surface area contributed by atoms with Crippen LogP contribution >= 0.6 is 0 Å². The highest BCUT2D eigenvalue weighted by molar-refractivity contribution is 5.93. The molecular weight excluding hydrogens is 260 g/mol. The molecule has 3 rings (SSSR count). The lowest BCUT2D eigenvalue weighted by Gasteiger charge is -2.24. The van der Waals surface area contributed by atoms with Crippen molar-refractivity contribution in [3.8, 4) is 0 Å². The number of amides is 1. The van der Waals surface area contributed by atoms with Crippen LogP contribution in [-0.2, 0) is 7.05 Å². The molecule has 1 amide bonds. The summed E-state index contributed by atoms with van der Waals surface area (Å²) in [4.78, 5) is 24.6. The molecule has 2 atom stereocenters. The Morgan fingerprint density at radius 2 is 2.30 bits per heavy atom. The van der Waals surface area contributed by atoms with Gasteiger partial charge in [-0.25, -0.2) is 0 Å². The Morgan fingerprint density at radius 1 is 1.50 bits per heavy atom. The van der Waals surface area contributed by atoms with Crippen LogP contribution in [0.4, 0.5) is 5.69 Å². The SMILES string of the molecule is Cn1cc([N+](=O)[O-])cc1C(=O)N1C[C@@H]2CCCN[C@@H]2C1. The van der Waals surface area contributed by atoms with Gasteiger partial charge in [0.1, 0.15) is 5.69 Å². The smallest absolute Gasteiger partial charge is 0.287 e. The van der Waals surface area contributed by atoms with Crippen LogP contribution < -0.4 is 5.32 Å². The summed E-state index contributed by atoms with van der Waals surface area (Å²) in [7, 11) is 1.67. The van der Waals surface area contributed by atoms with E-state index in [1.807, 2.05) is 4.90 Å². The molecule has 0 aliphatic carbocycles. The van der Waals surface area contributed by atoms with Gasteiger partial charge in [0, 0.05) is 32.2 Å². The molecule has 0 radical (unpaired) electrons. The Balaban J connectivity index is 1.78. The Hall–Kier alpha value is -1.89. The number of nitro groups is 1. The van der Waals surface area contributed by atoms with Crippen molar-refractivity contribution < 1.29 is 9.72 Å². The van der Waals surface area contributed by atoms with E-state index in [4.69, 9.17) is 0 Å². The zero-order valence-corrected chi connectivity index (χ0v) is 11.4. The molecule has 0 saturated carbocycles. The quantitative estimate of drug-likeness (QED) is 0.639. The van der Waals surface area contributed by atoms with Crippen molar-refractivity contribution >= 4 is 11.6 Å². The molecule has 0 bridgehead atoms. The molecule has 20 heavy (non-hydrogen) atoms. The molecule has 7 heteroatoms. The Bertz CT molecular complexity index is 540. The normalized spacial score (nSPS) is 25.6. The number of nitrogens with zero attached hydrogens (tertiary/aromatic N) is 3. The standard InChI is InChI=1S/C13H18N4O3/c1-15-7-10(17(19)20)5-12(15)13(18)16-6-9-3-2-4-14-11(9)8-16/h5,7,9,11,14H,2-4,6,8H2,1H3/t9-,11+/m0/s1. The molecule has 1 N–H and O–H groups in total. The van der Waals surface area contributed by atoms with E-state index in [-0.39, 0.29) is 11.6 Å². The summed E-state index contributed by atoms with van der Waals surface area (Å²) >= 11 is 0. The fraction of sp³-hybridized carbons (Fsp3) is 0.615. The number of fused-ring (bicyclic) bond motifs is 1. The van der Waals surface area contributed by atoms with E-state index >= 15 is 0 Å². The molecule has 1 aromatic heterocycles. The van der Waals surface area contributed by atoms with Gasteiger partial charge in [-0.1, -0.05) is 0 Å².